The first-order valence-corrected chi connectivity index (χ1v) is 8.57. The molecule has 26 heavy (non-hydrogen) atoms. The molecule has 1 aromatic carbocycles. The number of imide groups is 1. The highest BCUT2D eigenvalue weighted by Gasteiger charge is 2.61. The number of hydrogen-bond acceptors (Lipinski definition) is 6. The fourth-order valence-corrected chi connectivity index (χ4v) is 3.07. The molecular formula is C19H23NO6. The zero-order valence-electron chi connectivity index (χ0n) is 15.2. The Hall–Kier alpha value is -2.41. The fourth-order valence-electron chi connectivity index (χ4n) is 3.07. The molecule has 0 saturated carbocycles. The van der Waals surface area contributed by atoms with Crippen molar-refractivity contribution in [3.8, 4) is 0 Å². The van der Waals surface area contributed by atoms with Crippen LogP contribution in [-0.4, -0.2) is 47.7 Å². The third-order valence-corrected chi connectivity index (χ3v) is 4.41. The summed E-state index contributed by atoms with van der Waals surface area (Å²) in [6, 6.07) is 8.22. The lowest BCUT2D eigenvalue weighted by molar-refractivity contribution is -0.161. The molecular weight excluding hydrogens is 338 g/mol. The standard InChI is InChI=1S/C19H23NO6/c1-18(2,3)26-17(23)20-14(9-19(16(20)22)11-24-12-19)15(21)25-10-13-7-5-4-6-8-13/h4-8,14H,9-12H2,1-3H3/t14-/m0/s1. The van der Waals surface area contributed by atoms with Gasteiger partial charge in [-0.1, -0.05) is 30.3 Å². The molecule has 2 amide bonds. The van der Waals surface area contributed by atoms with Gasteiger partial charge in [0.1, 0.15) is 18.2 Å². The van der Waals surface area contributed by atoms with Crippen molar-refractivity contribution in [2.24, 2.45) is 5.41 Å². The van der Waals surface area contributed by atoms with Crippen LogP contribution < -0.4 is 0 Å². The van der Waals surface area contributed by atoms with E-state index in [1.54, 1.807) is 20.8 Å². The second kappa shape index (κ2) is 6.72. The Morgan fingerprint density at radius 1 is 1.23 bits per heavy atom. The van der Waals surface area contributed by atoms with Crippen LogP contribution in [0.5, 0.6) is 0 Å². The number of carbonyl (C=O) groups is 3. The number of esters is 1. The molecule has 7 nitrogen and oxygen atoms in total. The SMILES string of the molecule is CC(C)(C)OC(=O)N1C(=O)C2(COC2)C[C@H]1C(=O)OCc1ccccc1. The number of ether oxygens (including phenoxy) is 3. The van der Waals surface area contributed by atoms with Crippen molar-refractivity contribution in [1.82, 2.24) is 4.90 Å². The van der Waals surface area contributed by atoms with Crippen LogP contribution in [0.4, 0.5) is 4.79 Å². The van der Waals surface area contributed by atoms with E-state index in [1.165, 1.54) is 0 Å². The number of likely N-dealkylation sites (tertiary alicyclic amines) is 1. The molecule has 2 aliphatic heterocycles. The lowest BCUT2D eigenvalue weighted by atomic mass is 9.83. The lowest BCUT2D eigenvalue weighted by Gasteiger charge is -2.35. The summed E-state index contributed by atoms with van der Waals surface area (Å²) in [5, 5.41) is 0. The highest BCUT2D eigenvalue weighted by molar-refractivity contribution is 6.03. The molecule has 0 bridgehead atoms. The minimum absolute atomic E-state index is 0.0794. The van der Waals surface area contributed by atoms with Gasteiger partial charge in [-0.15, -0.1) is 0 Å². The summed E-state index contributed by atoms with van der Waals surface area (Å²) in [7, 11) is 0. The number of amides is 2. The van der Waals surface area contributed by atoms with Gasteiger partial charge in [-0.05, 0) is 32.8 Å². The summed E-state index contributed by atoms with van der Waals surface area (Å²) in [5.74, 6) is -1.04. The first-order chi connectivity index (χ1) is 12.2. The first-order valence-electron chi connectivity index (χ1n) is 8.57. The maximum atomic E-state index is 12.8. The number of hydrogen-bond donors (Lipinski definition) is 0. The summed E-state index contributed by atoms with van der Waals surface area (Å²) in [6.07, 6.45) is -0.633. The zero-order chi connectivity index (χ0) is 18.9. The predicted molar refractivity (Wildman–Crippen MR) is 91.0 cm³/mol. The topological polar surface area (TPSA) is 82.1 Å². The third kappa shape index (κ3) is 3.58. The van der Waals surface area contributed by atoms with Gasteiger partial charge in [-0.25, -0.2) is 14.5 Å². The van der Waals surface area contributed by atoms with Gasteiger partial charge in [0.2, 0.25) is 5.91 Å². The third-order valence-electron chi connectivity index (χ3n) is 4.41. The van der Waals surface area contributed by atoms with Crippen molar-refractivity contribution >= 4 is 18.0 Å². The van der Waals surface area contributed by atoms with E-state index in [2.05, 4.69) is 0 Å². The minimum Gasteiger partial charge on any atom is -0.459 e. The van der Waals surface area contributed by atoms with Crippen LogP contribution in [0.15, 0.2) is 30.3 Å². The van der Waals surface area contributed by atoms with E-state index in [4.69, 9.17) is 14.2 Å². The number of nitrogens with zero attached hydrogens (tertiary/aromatic N) is 1. The summed E-state index contributed by atoms with van der Waals surface area (Å²) in [5.41, 5.74) is -0.773. The largest absolute Gasteiger partial charge is 0.459 e. The Balaban J connectivity index is 1.74. The van der Waals surface area contributed by atoms with E-state index in [1.807, 2.05) is 30.3 Å². The summed E-state index contributed by atoms with van der Waals surface area (Å²) in [4.78, 5) is 38.8. The van der Waals surface area contributed by atoms with Gasteiger partial charge < -0.3 is 14.2 Å². The Labute approximate surface area is 152 Å². The quantitative estimate of drug-likeness (QED) is 0.768. The molecule has 1 aromatic rings. The van der Waals surface area contributed by atoms with Crippen LogP contribution in [0.25, 0.3) is 0 Å². The summed E-state index contributed by atoms with van der Waals surface area (Å²) >= 11 is 0. The van der Waals surface area contributed by atoms with E-state index in [0.29, 0.717) is 0 Å². The predicted octanol–water partition coefficient (Wildman–Crippen LogP) is 2.28. The van der Waals surface area contributed by atoms with Crippen LogP contribution in [-0.2, 0) is 30.4 Å². The van der Waals surface area contributed by atoms with Crippen LogP contribution in [0.2, 0.25) is 0 Å². The van der Waals surface area contributed by atoms with Crippen molar-refractivity contribution in [2.75, 3.05) is 13.2 Å². The molecule has 0 radical (unpaired) electrons. The van der Waals surface area contributed by atoms with E-state index in [9.17, 15) is 14.4 Å². The van der Waals surface area contributed by atoms with Crippen molar-refractivity contribution in [3.05, 3.63) is 35.9 Å². The van der Waals surface area contributed by atoms with E-state index < -0.39 is 35.0 Å². The van der Waals surface area contributed by atoms with Gasteiger partial charge in [-0.2, -0.15) is 0 Å². The summed E-state index contributed by atoms with van der Waals surface area (Å²) < 4.78 is 15.8. The molecule has 1 spiro atoms. The zero-order valence-corrected chi connectivity index (χ0v) is 15.2. The molecule has 0 unspecified atom stereocenters. The smallest absolute Gasteiger partial charge is 0.417 e. The van der Waals surface area contributed by atoms with Crippen molar-refractivity contribution < 1.29 is 28.6 Å². The molecule has 140 valence electrons. The Morgan fingerprint density at radius 2 is 1.88 bits per heavy atom. The minimum atomic E-state index is -0.995. The van der Waals surface area contributed by atoms with Crippen molar-refractivity contribution in [2.45, 2.75) is 45.4 Å². The molecule has 7 heteroatoms. The van der Waals surface area contributed by atoms with Gasteiger partial charge >= 0.3 is 12.1 Å². The average Bonchev–Trinajstić information content (AvgIpc) is 2.86. The highest BCUT2D eigenvalue weighted by atomic mass is 16.6. The first kappa shape index (κ1) is 18.4. The Bertz CT molecular complexity index is 704. The number of rotatable bonds is 3. The average molecular weight is 361 g/mol. The highest BCUT2D eigenvalue weighted by Crippen LogP contribution is 2.43. The monoisotopic (exact) mass is 361 g/mol. The van der Waals surface area contributed by atoms with Crippen LogP contribution >= 0.6 is 0 Å². The van der Waals surface area contributed by atoms with Gasteiger partial charge in [0.25, 0.3) is 0 Å². The maximum Gasteiger partial charge on any atom is 0.417 e. The van der Waals surface area contributed by atoms with E-state index in [-0.39, 0.29) is 26.2 Å². The van der Waals surface area contributed by atoms with Crippen LogP contribution in [0, 0.1) is 5.41 Å². The second-order valence-electron chi connectivity index (χ2n) is 7.74. The number of carbonyl (C=O) groups excluding carboxylic acids is 3. The number of benzene rings is 1. The summed E-state index contributed by atoms with van der Waals surface area (Å²) in [6.45, 7) is 5.60. The van der Waals surface area contributed by atoms with Gasteiger partial charge in [0, 0.05) is 0 Å². The molecule has 2 fully saturated rings. The van der Waals surface area contributed by atoms with E-state index >= 15 is 0 Å². The van der Waals surface area contributed by atoms with E-state index in [0.717, 1.165) is 10.5 Å². The molecule has 2 aliphatic rings. The van der Waals surface area contributed by atoms with Crippen molar-refractivity contribution in [1.29, 1.82) is 0 Å². The molecule has 0 aromatic heterocycles. The van der Waals surface area contributed by atoms with Crippen molar-refractivity contribution in [3.63, 3.8) is 0 Å². The molecule has 2 saturated heterocycles. The Morgan fingerprint density at radius 3 is 2.42 bits per heavy atom. The lowest BCUT2D eigenvalue weighted by Crippen LogP contribution is -2.51. The van der Waals surface area contributed by atoms with Gasteiger partial charge in [-0.3, -0.25) is 4.79 Å². The second-order valence-corrected chi connectivity index (χ2v) is 7.74. The molecule has 0 aliphatic carbocycles. The normalized spacial score (nSPS) is 21.4. The maximum absolute atomic E-state index is 12.8. The molecule has 0 N–H and O–H groups in total. The van der Waals surface area contributed by atoms with Gasteiger partial charge in [0.15, 0.2) is 0 Å². The molecule has 2 heterocycles. The Kier molecular flexibility index (Phi) is 4.75. The van der Waals surface area contributed by atoms with Crippen LogP contribution in [0.1, 0.15) is 32.8 Å². The van der Waals surface area contributed by atoms with Gasteiger partial charge in [0.05, 0.1) is 18.6 Å². The van der Waals surface area contributed by atoms with Crippen LogP contribution in [0.3, 0.4) is 0 Å². The molecule has 3 rings (SSSR count). The fraction of sp³-hybridized carbons (Fsp3) is 0.526. The molecule has 1 atom stereocenters.